The third kappa shape index (κ3) is 3.37. The van der Waals surface area contributed by atoms with Crippen LogP contribution in [0.2, 0.25) is 0 Å². The van der Waals surface area contributed by atoms with Crippen molar-refractivity contribution in [2.45, 2.75) is 13.0 Å². The number of ether oxygens (including phenoxy) is 6. The number of carbonyl (C=O) groups excluding carboxylic acids is 2. The minimum atomic E-state index is -0.320. The van der Waals surface area contributed by atoms with Gasteiger partial charge in [0.15, 0.2) is 29.6 Å². The predicted octanol–water partition coefficient (Wildman–Crippen LogP) is 1.48. The number of amides is 2. The number of nitrogens with one attached hydrogen (secondary N) is 1. The van der Waals surface area contributed by atoms with Crippen LogP contribution in [0, 0.1) is 0 Å². The fraction of sp³-hybridized carbons (Fsp3) is 0.364. The lowest BCUT2D eigenvalue weighted by Gasteiger charge is -2.29. The van der Waals surface area contributed by atoms with Gasteiger partial charge in [-0.1, -0.05) is 0 Å². The van der Waals surface area contributed by atoms with Gasteiger partial charge in [-0.05, 0) is 24.1 Å². The zero-order valence-corrected chi connectivity index (χ0v) is 17.7. The van der Waals surface area contributed by atoms with Crippen LogP contribution in [0.1, 0.15) is 21.5 Å². The van der Waals surface area contributed by atoms with E-state index in [1.54, 1.807) is 30.1 Å². The van der Waals surface area contributed by atoms with Gasteiger partial charge in [0.05, 0.1) is 12.7 Å². The van der Waals surface area contributed by atoms with Gasteiger partial charge in [0.25, 0.3) is 11.8 Å². The summed E-state index contributed by atoms with van der Waals surface area (Å²) in [6.07, 6.45) is 0.615. The highest BCUT2D eigenvalue weighted by Crippen LogP contribution is 2.49. The first-order valence-corrected chi connectivity index (χ1v) is 10.1. The number of hydrogen-bond acceptors (Lipinski definition) is 8. The fourth-order valence-electron chi connectivity index (χ4n) is 4.02. The van der Waals surface area contributed by atoms with Gasteiger partial charge < -0.3 is 38.6 Å². The normalized spacial score (nSPS) is 15.4. The summed E-state index contributed by atoms with van der Waals surface area (Å²) in [6, 6.07) is 5.12. The second-order valence-electron chi connectivity index (χ2n) is 7.49. The molecule has 3 aliphatic rings. The number of benzene rings is 2. The second kappa shape index (κ2) is 8.03. The molecule has 5 rings (SSSR count). The van der Waals surface area contributed by atoms with E-state index >= 15 is 0 Å². The summed E-state index contributed by atoms with van der Waals surface area (Å²) in [7, 11) is 3.23. The summed E-state index contributed by atoms with van der Waals surface area (Å²) in [5.74, 6) is 2.49. The minimum Gasteiger partial charge on any atom is -0.492 e. The van der Waals surface area contributed by atoms with Gasteiger partial charge in [-0.25, -0.2) is 0 Å². The van der Waals surface area contributed by atoms with E-state index in [1.807, 2.05) is 0 Å². The summed E-state index contributed by atoms with van der Waals surface area (Å²) in [4.78, 5) is 27.0. The zero-order valence-electron chi connectivity index (χ0n) is 17.7. The van der Waals surface area contributed by atoms with Gasteiger partial charge in [0.1, 0.15) is 5.75 Å². The molecule has 32 heavy (non-hydrogen) atoms. The van der Waals surface area contributed by atoms with Crippen molar-refractivity contribution in [3.63, 3.8) is 0 Å². The third-order valence-electron chi connectivity index (χ3n) is 5.62. The molecule has 3 aliphatic heterocycles. The van der Waals surface area contributed by atoms with E-state index in [-0.39, 0.29) is 38.6 Å². The standard InChI is InChI=1S/C22H22N2O8/c1-24-6-5-13-14(19-21(32-11-31-19)20(27-2)18(13)22(24)26)8-23-17(25)9-28-12-3-4-15-16(7-12)30-10-29-15/h3-4,7H,5-6,8-11H2,1-2H3,(H,23,25). The predicted molar refractivity (Wildman–Crippen MR) is 110 cm³/mol. The molecule has 168 valence electrons. The summed E-state index contributed by atoms with van der Waals surface area (Å²) in [5.41, 5.74) is 1.96. The van der Waals surface area contributed by atoms with Crippen LogP contribution in [-0.4, -0.2) is 57.6 Å². The van der Waals surface area contributed by atoms with Crippen molar-refractivity contribution in [3.05, 3.63) is 34.9 Å². The third-order valence-corrected chi connectivity index (χ3v) is 5.62. The molecule has 10 nitrogen and oxygen atoms in total. The van der Waals surface area contributed by atoms with Crippen molar-refractivity contribution in [1.82, 2.24) is 10.2 Å². The molecule has 1 N–H and O–H groups in total. The molecule has 0 spiro atoms. The highest BCUT2D eigenvalue weighted by Gasteiger charge is 2.36. The highest BCUT2D eigenvalue weighted by molar-refractivity contribution is 6.01. The molecule has 3 heterocycles. The Morgan fingerprint density at radius 1 is 1.12 bits per heavy atom. The Morgan fingerprint density at radius 3 is 2.75 bits per heavy atom. The molecular weight excluding hydrogens is 420 g/mol. The van der Waals surface area contributed by atoms with Crippen LogP contribution in [0.15, 0.2) is 18.2 Å². The number of carbonyl (C=O) groups is 2. The van der Waals surface area contributed by atoms with E-state index in [0.29, 0.717) is 58.6 Å². The smallest absolute Gasteiger partial charge is 0.258 e. The first-order valence-electron chi connectivity index (χ1n) is 10.1. The van der Waals surface area contributed by atoms with Crippen molar-refractivity contribution >= 4 is 11.8 Å². The molecule has 0 radical (unpaired) electrons. The van der Waals surface area contributed by atoms with Crippen LogP contribution in [0.3, 0.4) is 0 Å². The molecule has 10 heteroatoms. The number of rotatable bonds is 6. The lowest BCUT2D eigenvalue weighted by molar-refractivity contribution is -0.123. The van der Waals surface area contributed by atoms with Crippen molar-refractivity contribution in [3.8, 4) is 34.5 Å². The van der Waals surface area contributed by atoms with Gasteiger partial charge in [0.2, 0.25) is 19.3 Å². The summed E-state index contributed by atoms with van der Waals surface area (Å²) < 4.78 is 32.9. The molecule has 0 saturated heterocycles. The topological polar surface area (TPSA) is 105 Å². The van der Waals surface area contributed by atoms with Crippen molar-refractivity contribution in [1.29, 1.82) is 0 Å². The van der Waals surface area contributed by atoms with E-state index in [2.05, 4.69) is 5.32 Å². The molecule has 0 saturated carbocycles. The van der Waals surface area contributed by atoms with Crippen LogP contribution < -0.4 is 33.7 Å². The van der Waals surface area contributed by atoms with E-state index in [9.17, 15) is 9.59 Å². The van der Waals surface area contributed by atoms with E-state index in [0.717, 1.165) is 5.56 Å². The summed E-state index contributed by atoms with van der Waals surface area (Å²) in [6.45, 7) is 0.729. The van der Waals surface area contributed by atoms with Gasteiger partial charge in [-0.15, -0.1) is 0 Å². The van der Waals surface area contributed by atoms with Crippen LogP contribution in [0.25, 0.3) is 0 Å². The maximum atomic E-state index is 12.8. The Labute approximate surface area is 183 Å². The molecule has 0 unspecified atom stereocenters. The molecule has 2 aromatic rings. The Kier molecular flexibility index (Phi) is 5.04. The SMILES string of the molecule is COc1c2c(c(CNC(=O)COc3ccc4c(c3)OCO4)c3c1C(=O)N(C)CC3)OCO2. The molecule has 2 amide bonds. The average molecular weight is 442 g/mol. The molecule has 0 aromatic heterocycles. The molecule has 0 atom stereocenters. The van der Waals surface area contributed by atoms with E-state index in [1.165, 1.54) is 7.11 Å². The van der Waals surface area contributed by atoms with Crippen LogP contribution >= 0.6 is 0 Å². The molecular formula is C22H22N2O8. The molecule has 0 fully saturated rings. The number of fused-ring (bicyclic) bond motifs is 3. The summed E-state index contributed by atoms with van der Waals surface area (Å²) >= 11 is 0. The molecule has 0 bridgehead atoms. The maximum Gasteiger partial charge on any atom is 0.258 e. The van der Waals surface area contributed by atoms with Crippen molar-refractivity contribution in [2.75, 3.05) is 40.9 Å². The lowest BCUT2D eigenvalue weighted by Crippen LogP contribution is -2.36. The van der Waals surface area contributed by atoms with Crippen molar-refractivity contribution < 1.29 is 38.0 Å². The van der Waals surface area contributed by atoms with E-state index in [4.69, 9.17) is 28.4 Å². The Balaban J connectivity index is 1.33. The average Bonchev–Trinajstić information content (AvgIpc) is 3.47. The van der Waals surface area contributed by atoms with Gasteiger partial charge in [-0.2, -0.15) is 0 Å². The number of hydrogen-bond donors (Lipinski definition) is 1. The highest BCUT2D eigenvalue weighted by atomic mass is 16.7. The first kappa shape index (κ1) is 20.1. The lowest BCUT2D eigenvalue weighted by atomic mass is 9.91. The van der Waals surface area contributed by atoms with Crippen LogP contribution in [0.4, 0.5) is 0 Å². The monoisotopic (exact) mass is 442 g/mol. The molecule has 0 aliphatic carbocycles. The zero-order chi connectivity index (χ0) is 22.2. The number of likely N-dealkylation sites (N-methyl/N-ethyl adjacent to an activating group) is 1. The summed E-state index contributed by atoms with van der Waals surface area (Å²) in [5, 5.41) is 2.84. The Bertz CT molecular complexity index is 1100. The maximum absolute atomic E-state index is 12.8. The quantitative estimate of drug-likeness (QED) is 0.717. The van der Waals surface area contributed by atoms with Gasteiger partial charge in [0, 0.05) is 31.8 Å². The van der Waals surface area contributed by atoms with Crippen molar-refractivity contribution in [2.24, 2.45) is 0 Å². The van der Waals surface area contributed by atoms with Crippen LogP contribution in [-0.2, 0) is 17.8 Å². The fourth-order valence-corrected chi connectivity index (χ4v) is 4.02. The Hall–Kier alpha value is -3.82. The molecule has 2 aromatic carbocycles. The minimum absolute atomic E-state index is 0.0206. The van der Waals surface area contributed by atoms with E-state index < -0.39 is 0 Å². The number of methoxy groups -OCH3 is 1. The van der Waals surface area contributed by atoms with Gasteiger partial charge >= 0.3 is 0 Å². The van der Waals surface area contributed by atoms with Crippen LogP contribution in [0.5, 0.6) is 34.5 Å². The second-order valence-corrected chi connectivity index (χ2v) is 7.49. The first-order chi connectivity index (χ1) is 15.6. The largest absolute Gasteiger partial charge is 0.492 e. The number of nitrogens with zero attached hydrogens (tertiary/aromatic N) is 1. The Morgan fingerprint density at radius 2 is 1.91 bits per heavy atom. The van der Waals surface area contributed by atoms with Gasteiger partial charge in [-0.3, -0.25) is 9.59 Å².